The van der Waals surface area contributed by atoms with Crippen LogP contribution in [-0.4, -0.2) is 37.2 Å². The number of unbranched alkanes of at least 4 members (excludes halogenated alkanes) is 2. The number of benzene rings is 1. The third-order valence-electron chi connectivity index (χ3n) is 5.33. The summed E-state index contributed by atoms with van der Waals surface area (Å²) in [6.45, 7) is 3.82. The van der Waals surface area contributed by atoms with Crippen LogP contribution in [0.25, 0.3) is 0 Å². The zero-order chi connectivity index (χ0) is 16.1. The summed E-state index contributed by atoms with van der Waals surface area (Å²) in [7, 11) is 2.23. The highest BCUT2D eigenvalue weighted by atomic mass is 16.7. The highest BCUT2D eigenvalue weighted by Gasteiger charge is 2.47. The molecular formula is C20H31NO2. The predicted molar refractivity (Wildman–Crippen MR) is 93.4 cm³/mol. The maximum atomic E-state index is 6.65. The normalized spacial score (nSPS) is 31.7. The Morgan fingerprint density at radius 2 is 1.96 bits per heavy atom. The van der Waals surface area contributed by atoms with Crippen LogP contribution in [-0.2, 0) is 15.3 Å². The largest absolute Gasteiger partial charge is 0.345 e. The van der Waals surface area contributed by atoms with E-state index in [-0.39, 0.29) is 0 Å². The lowest BCUT2D eigenvalue weighted by molar-refractivity contribution is -0.315. The Bertz CT molecular complexity index is 478. The fourth-order valence-electron chi connectivity index (χ4n) is 4.05. The average molecular weight is 317 g/mol. The van der Waals surface area contributed by atoms with Crippen LogP contribution in [0.3, 0.4) is 0 Å². The molecule has 3 rings (SSSR count). The van der Waals surface area contributed by atoms with Gasteiger partial charge in [0.1, 0.15) is 0 Å². The zero-order valence-electron chi connectivity index (χ0n) is 14.7. The van der Waals surface area contributed by atoms with Crippen molar-refractivity contribution in [3.63, 3.8) is 0 Å². The van der Waals surface area contributed by atoms with E-state index in [0.717, 1.165) is 31.6 Å². The fourth-order valence-corrected chi connectivity index (χ4v) is 4.05. The van der Waals surface area contributed by atoms with Crippen molar-refractivity contribution in [3.05, 3.63) is 35.9 Å². The summed E-state index contributed by atoms with van der Waals surface area (Å²) in [5.41, 5.74) is 1.16. The van der Waals surface area contributed by atoms with Crippen molar-refractivity contribution in [1.29, 1.82) is 0 Å². The van der Waals surface area contributed by atoms with Gasteiger partial charge < -0.3 is 9.47 Å². The van der Waals surface area contributed by atoms with Crippen molar-refractivity contribution in [2.24, 2.45) is 0 Å². The SMILES string of the molecule is CCCCCOC1(c2ccccc2)CN(C)C2CCCCC2O1. The van der Waals surface area contributed by atoms with Crippen LogP contribution in [0.15, 0.2) is 30.3 Å². The summed E-state index contributed by atoms with van der Waals surface area (Å²) < 4.78 is 13.1. The first-order chi connectivity index (χ1) is 11.2. The van der Waals surface area contributed by atoms with Crippen molar-refractivity contribution in [3.8, 4) is 0 Å². The summed E-state index contributed by atoms with van der Waals surface area (Å²) >= 11 is 0. The molecule has 0 spiro atoms. The maximum absolute atomic E-state index is 6.65. The molecule has 3 unspecified atom stereocenters. The molecule has 1 saturated carbocycles. The topological polar surface area (TPSA) is 21.7 Å². The predicted octanol–water partition coefficient (Wildman–Crippen LogP) is 4.32. The van der Waals surface area contributed by atoms with Crippen molar-refractivity contribution >= 4 is 0 Å². The molecule has 1 aromatic rings. The molecule has 1 aliphatic carbocycles. The number of hydrogen-bond acceptors (Lipinski definition) is 3. The van der Waals surface area contributed by atoms with Crippen molar-refractivity contribution in [2.45, 2.75) is 69.8 Å². The fraction of sp³-hybridized carbons (Fsp3) is 0.700. The van der Waals surface area contributed by atoms with Gasteiger partial charge in [0.25, 0.3) is 0 Å². The lowest BCUT2D eigenvalue weighted by atomic mass is 9.88. The molecule has 1 heterocycles. The lowest BCUT2D eigenvalue weighted by Crippen LogP contribution is -2.60. The second kappa shape index (κ2) is 7.78. The number of fused-ring (bicyclic) bond motifs is 1. The molecule has 2 fully saturated rings. The molecule has 1 aromatic carbocycles. The van der Waals surface area contributed by atoms with Crippen LogP contribution >= 0.6 is 0 Å². The van der Waals surface area contributed by atoms with E-state index in [1.807, 2.05) is 0 Å². The molecule has 23 heavy (non-hydrogen) atoms. The van der Waals surface area contributed by atoms with E-state index >= 15 is 0 Å². The summed E-state index contributed by atoms with van der Waals surface area (Å²) in [4.78, 5) is 2.47. The minimum Gasteiger partial charge on any atom is -0.345 e. The maximum Gasteiger partial charge on any atom is 0.208 e. The first kappa shape index (κ1) is 16.9. The smallest absolute Gasteiger partial charge is 0.208 e. The monoisotopic (exact) mass is 317 g/mol. The van der Waals surface area contributed by atoms with Gasteiger partial charge in [0.15, 0.2) is 0 Å². The average Bonchev–Trinajstić information content (AvgIpc) is 2.60. The first-order valence-electron chi connectivity index (χ1n) is 9.33. The highest BCUT2D eigenvalue weighted by molar-refractivity contribution is 5.22. The molecule has 3 heteroatoms. The van der Waals surface area contributed by atoms with E-state index in [9.17, 15) is 0 Å². The Kier molecular flexibility index (Phi) is 5.73. The summed E-state index contributed by atoms with van der Waals surface area (Å²) in [6.07, 6.45) is 8.84. The van der Waals surface area contributed by atoms with Gasteiger partial charge in [0.2, 0.25) is 5.79 Å². The molecule has 1 saturated heterocycles. The molecule has 1 aliphatic heterocycles. The third kappa shape index (κ3) is 3.78. The number of hydrogen-bond donors (Lipinski definition) is 0. The van der Waals surface area contributed by atoms with Crippen LogP contribution in [0, 0.1) is 0 Å². The first-order valence-corrected chi connectivity index (χ1v) is 9.33. The minimum atomic E-state index is -0.595. The summed E-state index contributed by atoms with van der Waals surface area (Å²) in [6, 6.07) is 11.1. The molecule has 0 bridgehead atoms. The summed E-state index contributed by atoms with van der Waals surface area (Å²) in [5.74, 6) is -0.595. The molecule has 0 aromatic heterocycles. The van der Waals surface area contributed by atoms with Gasteiger partial charge in [0, 0.05) is 11.6 Å². The van der Waals surface area contributed by atoms with Crippen molar-refractivity contribution in [1.82, 2.24) is 4.90 Å². The highest BCUT2D eigenvalue weighted by Crippen LogP contribution is 2.40. The Morgan fingerprint density at radius 1 is 1.17 bits per heavy atom. The molecule has 128 valence electrons. The number of likely N-dealkylation sites (N-methyl/N-ethyl adjacent to an activating group) is 1. The quantitative estimate of drug-likeness (QED) is 0.729. The van der Waals surface area contributed by atoms with Gasteiger partial charge in [-0.05, 0) is 26.3 Å². The zero-order valence-corrected chi connectivity index (χ0v) is 14.7. The second-order valence-corrected chi connectivity index (χ2v) is 7.10. The molecule has 0 amide bonds. The summed E-state index contributed by atoms with van der Waals surface area (Å²) in [5, 5.41) is 0. The van der Waals surface area contributed by atoms with E-state index in [4.69, 9.17) is 9.47 Å². The lowest BCUT2D eigenvalue weighted by Gasteiger charge is -2.51. The molecular weight excluding hydrogens is 286 g/mol. The van der Waals surface area contributed by atoms with Gasteiger partial charge in [-0.3, -0.25) is 4.90 Å². The van der Waals surface area contributed by atoms with Gasteiger partial charge in [-0.2, -0.15) is 0 Å². The van der Waals surface area contributed by atoms with E-state index in [1.165, 1.54) is 32.1 Å². The van der Waals surface area contributed by atoms with Gasteiger partial charge in [-0.15, -0.1) is 0 Å². The van der Waals surface area contributed by atoms with Crippen LogP contribution in [0.4, 0.5) is 0 Å². The Balaban J connectivity index is 1.80. The Labute approximate surface area is 141 Å². The number of morpholine rings is 1. The van der Waals surface area contributed by atoms with Crippen LogP contribution < -0.4 is 0 Å². The third-order valence-corrected chi connectivity index (χ3v) is 5.33. The van der Waals surface area contributed by atoms with Gasteiger partial charge >= 0.3 is 0 Å². The van der Waals surface area contributed by atoms with Gasteiger partial charge in [-0.1, -0.05) is 62.9 Å². The number of ether oxygens (including phenoxy) is 2. The standard InChI is InChI=1S/C20H31NO2/c1-3-4-10-15-22-20(17-11-6-5-7-12-17)16-21(2)18-13-8-9-14-19(18)23-20/h5-7,11-12,18-19H,3-4,8-10,13-16H2,1-2H3. The van der Waals surface area contributed by atoms with Crippen LogP contribution in [0.5, 0.6) is 0 Å². The molecule has 0 radical (unpaired) electrons. The molecule has 3 nitrogen and oxygen atoms in total. The van der Waals surface area contributed by atoms with Crippen LogP contribution in [0.1, 0.15) is 57.4 Å². The Hall–Kier alpha value is -0.900. The van der Waals surface area contributed by atoms with E-state index in [2.05, 4.69) is 49.2 Å². The van der Waals surface area contributed by atoms with Gasteiger partial charge in [0.05, 0.1) is 19.3 Å². The van der Waals surface area contributed by atoms with Crippen molar-refractivity contribution < 1.29 is 9.47 Å². The van der Waals surface area contributed by atoms with E-state index < -0.39 is 5.79 Å². The Morgan fingerprint density at radius 3 is 2.74 bits per heavy atom. The number of nitrogens with zero attached hydrogens (tertiary/aromatic N) is 1. The van der Waals surface area contributed by atoms with E-state index in [1.54, 1.807) is 0 Å². The molecule has 3 atom stereocenters. The molecule has 0 N–H and O–H groups in total. The van der Waals surface area contributed by atoms with Crippen molar-refractivity contribution in [2.75, 3.05) is 20.2 Å². The second-order valence-electron chi connectivity index (χ2n) is 7.10. The number of rotatable bonds is 6. The van der Waals surface area contributed by atoms with E-state index in [0.29, 0.717) is 12.1 Å². The minimum absolute atomic E-state index is 0.300. The van der Waals surface area contributed by atoms with Gasteiger partial charge in [-0.25, -0.2) is 0 Å². The molecule has 2 aliphatic rings. The van der Waals surface area contributed by atoms with Crippen LogP contribution in [0.2, 0.25) is 0 Å².